The smallest absolute Gasteiger partial charge is 0.255 e. The van der Waals surface area contributed by atoms with Crippen molar-refractivity contribution in [2.45, 2.75) is 20.4 Å². The summed E-state index contributed by atoms with van der Waals surface area (Å²) in [5.41, 5.74) is 2.48. The fourth-order valence-corrected chi connectivity index (χ4v) is 4.12. The van der Waals surface area contributed by atoms with Crippen LogP contribution in [0.5, 0.6) is 0 Å². The summed E-state index contributed by atoms with van der Waals surface area (Å²) < 4.78 is 22.5. The lowest BCUT2D eigenvalue weighted by molar-refractivity contribution is 0.0951. The molecule has 0 spiro atoms. The number of amides is 1. The van der Waals surface area contributed by atoms with E-state index in [0.717, 1.165) is 5.56 Å². The molecular weight excluding hydrogens is 445 g/mol. The van der Waals surface area contributed by atoms with Crippen LogP contribution < -0.4 is 10.7 Å². The molecule has 0 aliphatic heterocycles. The zero-order valence-electron chi connectivity index (χ0n) is 19.2. The average Bonchev–Trinajstić information content (AvgIpc) is 3.30. The van der Waals surface area contributed by atoms with Crippen LogP contribution in [-0.2, 0) is 6.54 Å². The number of aromatic nitrogens is 2. The Morgan fingerprint density at radius 2 is 1.86 bits per heavy atom. The fraction of sp³-hybridized carbons (Fsp3) is 0.107. The lowest BCUT2D eigenvalue weighted by Gasteiger charge is -2.12. The zero-order valence-corrected chi connectivity index (χ0v) is 19.2. The SMILES string of the molecule is Cc1c(-c2ccccc2)oc2c(C(=O)NCc3ccc(-n4ccnc4C)c(F)c3)cccc2c1=O. The standard InChI is InChI=1S/C28H22FN3O3/c1-17-25(33)21-9-6-10-22(27(21)35-26(17)20-7-4-3-5-8-20)28(34)31-16-19-11-12-24(23(29)15-19)32-14-13-30-18(32)2/h3-15H,16H2,1-2H3,(H,31,34). The van der Waals surface area contributed by atoms with Crippen molar-refractivity contribution in [3.8, 4) is 17.0 Å². The largest absolute Gasteiger partial charge is 0.455 e. The van der Waals surface area contributed by atoms with Gasteiger partial charge in [-0.25, -0.2) is 9.37 Å². The van der Waals surface area contributed by atoms with Crippen LogP contribution >= 0.6 is 0 Å². The van der Waals surface area contributed by atoms with Crippen molar-refractivity contribution in [2.24, 2.45) is 0 Å². The Hall–Kier alpha value is -4.52. The van der Waals surface area contributed by atoms with Gasteiger partial charge in [0.05, 0.1) is 16.6 Å². The number of aryl methyl sites for hydroxylation is 1. The molecule has 35 heavy (non-hydrogen) atoms. The quantitative estimate of drug-likeness (QED) is 0.379. The van der Waals surface area contributed by atoms with Crippen LogP contribution in [0.2, 0.25) is 0 Å². The summed E-state index contributed by atoms with van der Waals surface area (Å²) in [6.07, 6.45) is 3.30. The Bertz CT molecular complexity index is 1620. The second-order valence-corrected chi connectivity index (χ2v) is 8.25. The molecule has 1 amide bonds. The van der Waals surface area contributed by atoms with Crippen LogP contribution in [0.3, 0.4) is 0 Å². The molecule has 5 aromatic rings. The highest BCUT2D eigenvalue weighted by Gasteiger charge is 2.18. The summed E-state index contributed by atoms with van der Waals surface area (Å²) in [5.74, 6) is 0.261. The molecule has 5 rings (SSSR count). The molecule has 3 aromatic carbocycles. The Morgan fingerprint density at radius 1 is 1.06 bits per heavy atom. The number of hydrogen-bond acceptors (Lipinski definition) is 4. The van der Waals surface area contributed by atoms with Crippen molar-refractivity contribution in [1.82, 2.24) is 14.9 Å². The molecule has 0 saturated heterocycles. The van der Waals surface area contributed by atoms with Crippen LogP contribution in [0.1, 0.15) is 27.3 Å². The molecule has 6 nitrogen and oxygen atoms in total. The molecule has 2 aromatic heterocycles. The lowest BCUT2D eigenvalue weighted by atomic mass is 10.0. The third kappa shape index (κ3) is 4.12. The number of carbonyl (C=O) groups excluding carboxylic acids is 1. The summed E-state index contributed by atoms with van der Waals surface area (Å²) in [6.45, 7) is 3.61. The number of benzene rings is 3. The van der Waals surface area contributed by atoms with Crippen LogP contribution in [0, 0.1) is 19.7 Å². The zero-order chi connectivity index (χ0) is 24.5. The second kappa shape index (κ2) is 9.02. The third-order valence-corrected chi connectivity index (χ3v) is 5.98. The summed E-state index contributed by atoms with van der Waals surface area (Å²) in [6, 6.07) is 19.0. The van der Waals surface area contributed by atoms with Gasteiger partial charge >= 0.3 is 0 Å². The maximum absolute atomic E-state index is 14.7. The maximum atomic E-state index is 14.7. The van der Waals surface area contributed by atoms with Crippen molar-refractivity contribution in [2.75, 3.05) is 0 Å². The molecule has 174 valence electrons. The molecule has 0 radical (unpaired) electrons. The van der Waals surface area contributed by atoms with Crippen LogP contribution in [0.25, 0.3) is 28.0 Å². The minimum absolute atomic E-state index is 0.108. The van der Waals surface area contributed by atoms with Crippen molar-refractivity contribution in [3.05, 3.63) is 118 Å². The molecule has 0 aliphatic carbocycles. The van der Waals surface area contributed by atoms with Gasteiger partial charge in [0.25, 0.3) is 5.91 Å². The summed E-state index contributed by atoms with van der Waals surface area (Å²) in [5, 5.41) is 3.14. The monoisotopic (exact) mass is 467 g/mol. The number of nitrogens with zero attached hydrogens (tertiary/aromatic N) is 2. The number of halogens is 1. The highest BCUT2D eigenvalue weighted by molar-refractivity contribution is 6.05. The van der Waals surface area contributed by atoms with Gasteiger partial charge < -0.3 is 14.3 Å². The Morgan fingerprint density at radius 3 is 2.57 bits per heavy atom. The predicted molar refractivity (Wildman–Crippen MR) is 132 cm³/mol. The normalized spacial score (nSPS) is 11.1. The molecule has 0 aliphatic rings. The van der Waals surface area contributed by atoms with Gasteiger partial charge in [0, 0.05) is 30.1 Å². The second-order valence-electron chi connectivity index (χ2n) is 8.25. The minimum Gasteiger partial charge on any atom is -0.455 e. The van der Waals surface area contributed by atoms with E-state index in [-0.39, 0.29) is 23.1 Å². The van der Waals surface area contributed by atoms with Crippen molar-refractivity contribution in [1.29, 1.82) is 0 Å². The number of nitrogens with one attached hydrogen (secondary N) is 1. The number of fused-ring (bicyclic) bond motifs is 1. The lowest BCUT2D eigenvalue weighted by Crippen LogP contribution is -2.23. The maximum Gasteiger partial charge on any atom is 0.255 e. The van der Waals surface area contributed by atoms with E-state index in [0.29, 0.717) is 33.8 Å². The van der Waals surface area contributed by atoms with Crippen LogP contribution in [0.15, 0.2) is 88.3 Å². The number of rotatable bonds is 5. The first-order chi connectivity index (χ1) is 16.9. The van der Waals surface area contributed by atoms with Gasteiger partial charge in [-0.15, -0.1) is 0 Å². The van der Waals surface area contributed by atoms with Gasteiger partial charge in [0.2, 0.25) is 0 Å². The molecule has 7 heteroatoms. The van der Waals surface area contributed by atoms with E-state index in [1.807, 2.05) is 30.3 Å². The molecular formula is C28H22FN3O3. The van der Waals surface area contributed by atoms with E-state index in [1.54, 1.807) is 61.1 Å². The average molecular weight is 468 g/mol. The Labute approximate surface area is 200 Å². The Balaban J connectivity index is 1.44. The molecule has 0 saturated carbocycles. The van der Waals surface area contributed by atoms with E-state index >= 15 is 0 Å². The number of hydrogen-bond donors (Lipinski definition) is 1. The Kier molecular flexibility index (Phi) is 5.74. The fourth-order valence-electron chi connectivity index (χ4n) is 4.12. The van der Waals surface area contributed by atoms with E-state index < -0.39 is 11.7 Å². The number of imidazole rings is 1. The summed E-state index contributed by atoms with van der Waals surface area (Å²) in [4.78, 5) is 30.2. The van der Waals surface area contributed by atoms with Crippen molar-refractivity contribution >= 4 is 16.9 Å². The molecule has 0 bridgehead atoms. The van der Waals surface area contributed by atoms with E-state index in [4.69, 9.17) is 4.42 Å². The molecule has 2 heterocycles. The van der Waals surface area contributed by atoms with Gasteiger partial charge in [0.1, 0.15) is 17.4 Å². The van der Waals surface area contributed by atoms with Crippen LogP contribution in [-0.4, -0.2) is 15.5 Å². The third-order valence-electron chi connectivity index (χ3n) is 5.98. The van der Waals surface area contributed by atoms with Crippen molar-refractivity contribution in [3.63, 3.8) is 0 Å². The summed E-state index contributed by atoms with van der Waals surface area (Å²) >= 11 is 0. The van der Waals surface area contributed by atoms with Gasteiger partial charge in [-0.3, -0.25) is 9.59 Å². The predicted octanol–water partition coefficient (Wildman–Crippen LogP) is 5.33. The summed E-state index contributed by atoms with van der Waals surface area (Å²) in [7, 11) is 0. The number of para-hydroxylation sites is 1. The molecule has 0 unspecified atom stereocenters. The van der Waals surface area contributed by atoms with Crippen LogP contribution in [0.4, 0.5) is 4.39 Å². The van der Waals surface area contributed by atoms with Gasteiger partial charge in [-0.1, -0.05) is 42.5 Å². The van der Waals surface area contributed by atoms with Gasteiger partial charge in [-0.2, -0.15) is 0 Å². The molecule has 1 N–H and O–H groups in total. The van der Waals surface area contributed by atoms with Gasteiger partial charge in [0.15, 0.2) is 11.0 Å². The van der Waals surface area contributed by atoms with E-state index in [1.165, 1.54) is 6.07 Å². The van der Waals surface area contributed by atoms with E-state index in [9.17, 15) is 14.0 Å². The first-order valence-corrected chi connectivity index (χ1v) is 11.1. The molecule has 0 atom stereocenters. The number of carbonyl (C=O) groups is 1. The molecule has 0 fully saturated rings. The topological polar surface area (TPSA) is 77.1 Å². The van der Waals surface area contributed by atoms with Gasteiger partial charge in [-0.05, 0) is 43.7 Å². The van der Waals surface area contributed by atoms with E-state index in [2.05, 4.69) is 10.3 Å². The minimum atomic E-state index is -0.420. The first-order valence-electron chi connectivity index (χ1n) is 11.1. The highest BCUT2D eigenvalue weighted by atomic mass is 19.1. The first kappa shape index (κ1) is 22.3. The van der Waals surface area contributed by atoms with Crippen molar-refractivity contribution < 1.29 is 13.6 Å². The highest BCUT2D eigenvalue weighted by Crippen LogP contribution is 2.27.